The highest BCUT2D eigenvalue weighted by Crippen LogP contribution is 2.19. The van der Waals surface area contributed by atoms with Crippen molar-refractivity contribution in [2.45, 2.75) is 25.9 Å². The second-order valence-electron chi connectivity index (χ2n) is 2.64. The number of nitrogens with one attached hydrogen (secondary N) is 1. The number of aromatic nitrogens is 2. The van der Waals surface area contributed by atoms with Crippen molar-refractivity contribution in [3.63, 3.8) is 0 Å². The molecule has 1 aromatic rings. The number of nitrogens with zero attached hydrogens (tertiary/aromatic N) is 2. The summed E-state index contributed by atoms with van der Waals surface area (Å²) in [6.45, 7) is 2.70. The van der Waals surface area contributed by atoms with E-state index in [0.717, 1.165) is 28.4 Å². The van der Waals surface area contributed by atoms with Crippen LogP contribution >= 0.6 is 27.3 Å². The van der Waals surface area contributed by atoms with Crippen molar-refractivity contribution >= 4 is 32.4 Å². The normalized spacial score (nSPS) is 12.8. The summed E-state index contributed by atoms with van der Waals surface area (Å²) in [5.41, 5.74) is 0. The first-order valence-corrected chi connectivity index (χ1v) is 5.74. The van der Waals surface area contributed by atoms with E-state index < -0.39 is 0 Å². The van der Waals surface area contributed by atoms with E-state index in [9.17, 15) is 5.11 Å². The highest BCUT2D eigenvalue weighted by atomic mass is 79.9. The van der Waals surface area contributed by atoms with Crippen LogP contribution in [0.5, 0.6) is 0 Å². The van der Waals surface area contributed by atoms with Crippen LogP contribution in [0, 0.1) is 0 Å². The Bertz CT molecular complexity index is 256. The second kappa shape index (κ2) is 5.51. The third-order valence-corrected chi connectivity index (χ3v) is 2.94. The maximum absolute atomic E-state index is 9.26. The lowest BCUT2D eigenvalue weighted by molar-refractivity contribution is 0.164. The van der Waals surface area contributed by atoms with Crippen LogP contribution in [0.25, 0.3) is 0 Å². The summed E-state index contributed by atoms with van der Waals surface area (Å²) in [4.78, 5) is 0. The minimum Gasteiger partial charge on any atom is -0.393 e. The molecule has 0 amide bonds. The van der Waals surface area contributed by atoms with Gasteiger partial charge in [0.1, 0.15) is 0 Å². The van der Waals surface area contributed by atoms with E-state index in [0.29, 0.717) is 0 Å². The fraction of sp³-hybridized carbons (Fsp3) is 0.714. The molecule has 0 saturated heterocycles. The van der Waals surface area contributed by atoms with Crippen LogP contribution in [-0.4, -0.2) is 28.0 Å². The second-order valence-corrected chi connectivity index (χ2v) is 4.89. The zero-order valence-electron chi connectivity index (χ0n) is 7.33. The molecule has 0 aliphatic heterocycles. The van der Waals surface area contributed by atoms with Gasteiger partial charge in [-0.15, -0.1) is 10.2 Å². The van der Waals surface area contributed by atoms with E-state index >= 15 is 0 Å². The van der Waals surface area contributed by atoms with E-state index in [2.05, 4.69) is 31.4 Å². The van der Waals surface area contributed by atoms with E-state index in [1.165, 1.54) is 11.3 Å². The van der Waals surface area contributed by atoms with Gasteiger partial charge in [0.15, 0.2) is 3.92 Å². The Morgan fingerprint density at radius 3 is 2.92 bits per heavy atom. The van der Waals surface area contributed by atoms with Gasteiger partial charge < -0.3 is 10.4 Å². The van der Waals surface area contributed by atoms with Crippen molar-refractivity contribution in [2.75, 3.05) is 11.9 Å². The molecule has 0 radical (unpaired) electrons. The van der Waals surface area contributed by atoms with Gasteiger partial charge in [0.05, 0.1) is 6.10 Å². The van der Waals surface area contributed by atoms with Crippen LogP contribution in [0.2, 0.25) is 0 Å². The molecule has 6 heteroatoms. The molecule has 1 atom stereocenters. The van der Waals surface area contributed by atoms with Gasteiger partial charge in [0, 0.05) is 6.54 Å². The molecule has 1 unspecified atom stereocenters. The number of halogens is 1. The monoisotopic (exact) mass is 265 g/mol. The van der Waals surface area contributed by atoms with Gasteiger partial charge in [0.2, 0.25) is 5.13 Å². The van der Waals surface area contributed by atoms with Crippen LogP contribution in [-0.2, 0) is 0 Å². The van der Waals surface area contributed by atoms with Crippen molar-refractivity contribution in [3.8, 4) is 0 Å². The zero-order valence-corrected chi connectivity index (χ0v) is 9.73. The predicted octanol–water partition coefficient (Wildman–Crippen LogP) is 1.87. The number of hydrogen-bond acceptors (Lipinski definition) is 5. The highest BCUT2D eigenvalue weighted by molar-refractivity contribution is 9.11. The Balaban J connectivity index is 2.20. The number of aliphatic hydroxyl groups is 1. The minimum absolute atomic E-state index is 0.219. The molecule has 0 spiro atoms. The summed E-state index contributed by atoms with van der Waals surface area (Å²) in [6, 6.07) is 0. The first-order chi connectivity index (χ1) is 6.22. The smallest absolute Gasteiger partial charge is 0.206 e. The Morgan fingerprint density at radius 2 is 2.38 bits per heavy atom. The zero-order chi connectivity index (χ0) is 9.68. The van der Waals surface area contributed by atoms with Gasteiger partial charge in [0.25, 0.3) is 0 Å². The Labute approximate surface area is 89.5 Å². The fourth-order valence-electron chi connectivity index (χ4n) is 0.827. The van der Waals surface area contributed by atoms with Gasteiger partial charge in [-0.3, -0.25) is 0 Å². The molecule has 1 heterocycles. The standard InChI is InChI=1S/C7H12BrN3OS/c1-2-5(12)3-4-9-7-11-10-6(8)13-7/h5,12H,2-4H2,1H3,(H,9,11). The van der Waals surface area contributed by atoms with Crippen LogP contribution in [0.15, 0.2) is 3.92 Å². The molecule has 1 rings (SSSR count). The van der Waals surface area contributed by atoms with Crippen molar-refractivity contribution in [2.24, 2.45) is 0 Å². The molecule has 4 nitrogen and oxygen atoms in total. The maximum Gasteiger partial charge on any atom is 0.206 e. The topological polar surface area (TPSA) is 58.0 Å². The van der Waals surface area contributed by atoms with E-state index in [1.54, 1.807) is 0 Å². The van der Waals surface area contributed by atoms with Crippen LogP contribution < -0.4 is 5.32 Å². The molecule has 74 valence electrons. The van der Waals surface area contributed by atoms with Gasteiger partial charge in [-0.05, 0) is 28.8 Å². The summed E-state index contributed by atoms with van der Waals surface area (Å²) < 4.78 is 0.769. The Morgan fingerprint density at radius 1 is 1.62 bits per heavy atom. The lowest BCUT2D eigenvalue weighted by Gasteiger charge is -2.06. The highest BCUT2D eigenvalue weighted by Gasteiger charge is 2.02. The van der Waals surface area contributed by atoms with Crippen molar-refractivity contribution in [1.82, 2.24) is 10.2 Å². The lowest BCUT2D eigenvalue weighted by atomic mass is 10.2. The summed E-state index contributed by atoms with van der Waals surface area (Å²) in [6.07, 6.45) is 1.32. The summed E-state index contributed by atoms with van der Waals surface area (Å²) >= 11 is 4.67. The number of hydrogen-bond donors (Lipinski definition) is 2. The Kier molecular flexibility index (Phi) is 4.61. The summed E-state index contributed by atoms with van der Waals surface area (Å²) in [5, 5.41) is 20.8. The molecular weight excluding hydrogens is 254 g/mol. The quantitative estimate of drug-likeness (QED) is 0.854. The molecule has 1 aromatic heterocycles. The average molecular weight is 266 g/mol. The molecule has 0 fully saturated rings. The fourth-order valence-corrected chi connectivity index (χ4v) is 1.86. The molecule has 13 heavy (non-hydrogen) atoms. The van der Waals surface area contributed by atoms with Crippen LogP contribution in [0.1, 0.15) is 19.8 Å². The van der Waals surface area contributed by atoms with Crippen LogP contribution in [0.3, 0.4) is 0 Å². The van der Waals surface area contributed by atoms with Gasteiger partial charge in [-0.2, -0.15) is 0 Å². The molecule has 2 N–H and O–H groups in total. The molecule has 0 aromatic carbocycles. The molecule has 0 saturated carbocycles. The minimum atomic E-state index is -0.219. The first kappa shape index (κ1) is 10.9. The largest absolute Gasteiger partial charge is 0.393 e. The summed E-state index contributed by atoms with van der Waals surface area (Å²) in [5.74, 6) is 0. The predicted molar refractivity (Wildman–Crippen MR) is 57.0 cm³/mol. The number of rotatable bonds is 5. The molecule has 0 aliphatic carbocycles. The van der Waals surface area contributed by atoms with Crippen LogP contribution in [0.4, 0.5) is 5.13 Å². The van der Waals surface area contributed by atoms with E-state index in [4.69, 9.17) is 0 Å². The number of anilines is 1. The SMILES string of the molecule is CCC(O)CCNc1nnc(Br)s1. The van der Waals surface area contributed by atoms with Gasteiger partial charge in [-0.1, -0.05) is 18.3 Å². The Hall–Kier alpha value is -0.200. The van der Waals surface area contributed by atoms with Crippen molar-refractivity contribution in [1.29, 1.82) is 0 Å². The van der Waals surface area contributed by atoms with E-state index in [-0.39, 0.29) is 6.10 Å². The third kappa shape index (κ3) is 4.02. The van der Waals surface area contributed by atoms with Gasteiger partial charge in [-0.25, -0.2) is 0 Å². The number of aliphatic hydroxyl groups excluding tert-OH is 1. The first-order valence-electron chi connectivity index (χ1n) is 4.13. The van der Waals surface area contributed by atoms with E-state index in [1.807, 2.05) is 6.92 Å². The molecule has 0 bridgehead atoms. The van der Waals surface area contributed by atoms with Crippen molar-refractivity contribution in [3.05, 3.63) is 3.92 Å². The molecule has 0 aliphatic rings. The average Bonchev–Trinajstić information content (AvgIpc) is 2.51. The molecular formula is C7H12BrN3OS. The van der Waals surface area contributed by atoms with Crippen molar-refractivity contribution < 1.29 is 5.11 Å². The maximum atomic E-state index is 9.26. The third-order valence-electron chi connectivity index (χ3n) is 1.63. The lowest BCUT2D eigenvalue weighted by Crippen LogP contribution is -2.12. The summed E-state index contributed by atoms with van der Waals surface area (Å²) in [7, 11) is 0. The van der Waals surface area contributed by atoms with Gasteiger partial charge >= 0.3 is 0 Å².